The molecule has 0 aliphatic carbocycles. The van der Waals surface area contributed by atoms with Crippen molar-refractivity contribution in [3.8, 4) is 5.75 Å². The van der Waals surface area contributed by atoms with Gasteiger partial charge in [-0.15, -0.1) is 0 Å². The highest BCUT2D eigenvalue weighted by atomic mass is 32.2. The first-order valence-corrected chi connectivity index (χ1v) is 14.2. The number of para-hydroxylation sites is 1. The maximum absolute atomic E-state index is 13.3. The number of phenols is 1. The number of rotatable bonds is 14. The minimum absolute atomic E-state index is 0.0439. The molecule has 0 saturated carbocycles. The van der Waals surface area contributed by atoms with Crippen LogP contribution in [0.5, 0.6) is 5.75 Å². The molecule has 0 aliphatic rings. The van der Waals surface area contributed by atoms with Crippen LogP contribution in [0.2, 0.25) is 0 Å². The van der Waals surface area contributed by atoms with Crippen molar-refractivity contribution in [2.75, 3.05) is 12.0 Å². The molecule has 3 amide bonds. The molecule has 0 fully saturated rings. The van der Waals surface area contributed by atoms with Gasteiger partial charge in [0.05, 0.1) is 6.04 Å². The highest BCUT2D eigenvalue weighted by molar-refractivity contribution is 7.98. The highest BCUT2D eigenvalue weighted by Crippen LogP contribution is 2.19. The fourth-order valence-corrected chi connectivity index (χ4v) is 4.62. The van der Waals surface area contributed by atoms with Crippen LogP contribution < -0.4 is 21.7 Å². The van der Waals surface area contributed by atoms with Gasteiger partial charge in [0, 0.05) is 29.9 Å². The smallest absolute Gasteiger partial charge is 0.326 e. The first kappa shape index (κ1) is 30.5. The number of carbonyl (C=O) groups excluding carboxylic acids is 3. The van der Waals surface area contributed by atoms with E-state index in [0.717, 1.165) is 16.5 Å². The summed E-state index contributed by atoms with van der Waals surface area (Å²) in [6, 6.07) is 9.42. The van der Waals surface area contributed by atoms with E-state index in [1.807, 2.05) is 30.5 Å². The SMILES string of the molecule is CSCCC(NC(=O)C(Cc1ccc(O)cc1)NC(=O)C(C)N)C(=O)NC(Cc1c[nH]c2ccccc12)C(=O)O. The summed E-state index contributed by atoms with van der Waals surface area (Å²) in [5, 5.41) is 28.2. The molecule has 1 aromatic heterocycles. The number of phenolic OH excluding ortho intramolecular Hbond substituents is 1. The number of nitrogens with one attached hydrogen (secondary N) is 4. The van der Waals surface area contributed by atoms with Crippen LogP contribution in [-0.2, 0) is 32.0 Å². The second-order valence-corrected chi connectivity index (χ2v) is 10.5. The number of hydrogen-bond donors (Lipinski definition) is 7. The lowest BCUT2D eigenvalue weighted by molar-refractivity contribution is -0.142. The van der Waals surface area contributed by atoms with Crippen molar-refractivity contribution < 1.29 is 29.4 Å². The summed E-state index contributed by atoms with van der Waals surface area (Å²) in [5.41, 5.74) is 7.94. The van der Waals surface area contributed by atoms with Gasteiger partial charge in [0.1, 0.15) is 23.9 Å². The van der Waals surface area contributed by atoms with Gasteiger partial charge in [-0.25, -0.2) is 4.79 Å². The summed E-state index contributed by atoms with van der Waals surface area (Å²) in [4.78, 5) is 54.2. The van der Waals surface area contributed by atoms with Crippen molar-refractivity contribution in [2.45, 2.75) is 50.4 Å². The number of nitrogens with two attached hydrogens (primary N) is 1. The van der Waals surface area contributed by atoms with Gasteiger partial charge in [-0.3, -0.25) is 14.4 Å². The summed E-state index contributed by atoms with van der Waals surface area (Å²) in [5.74, 6) is -2.44. The van der Waals surface area contributed by atoms with Crippen LogP contribution in [0.1, 0.15) is 24.5 Å². The van der Waals surface area contributed by atoms with Gasteiger partial charge in [-0.05, 0) is 54.7 Å². The predicted octanol–water partition coefficient (Wildman–Crippen LogP) is 1.30. The van der Waals surface area contributed by atoms with E-state index in [1.54, 1.807) is 18.3 Å². The molecule has 214 valence electrons. The molecule has 2 aromatic carbocycles. The Bertz CT molecular complexity index is 1330. The third kappa shape index (κ3) is 8.48. The number of benzene rings is 2. The molecule has 0 saturated heterocycles. The Labute approximate surface area is 236 Å². The summed E-state index contributed by atoms with van der Waals surface area (Å²) in [6.07, 6.45) is 3.94. The topological polar surface area (TPSA) is 187 Å². The fraction of sp³-hybridized carbons (Fsp3) is 0.357. The molecule has 8 N–H and O–H groups in total. The number of amides is 3. The van der Waals surface area contributed by atoms with E-state index in [0.29, 0.717) is 11.3 Å². The second-order valence-electron chi connectivity index (χ2n) is 9.53. The lowest BCUT2D eigenvalue weighted by Gasteiger charge is -2.25. The van der Waals surface area contributed by atoms with Crippen molar-refractivity contribution in [1.29, 1.82) is 0 Å². The van der Waals surface area contributed by atoms with E-state index in [2.05, 4.69) is 20.9 Å². The lowest BCUT2D eigenvalue weighted by Crippen LogP contribution is -2.57. The van der Waals surface area contributed by atoms with E-state index in [-0.39, 0.29) is 25.0 Å². The number of aromatic nitrogens is 1. The Morgan fingerprint density at radius 3 is 2.17 bits per heavy atom. The summed E-state index contributed by atoms with van der Waals surface area (Å²) in [6.45, 7) is 1.49. The largest absolute Gasteiger partial charge is 0.508 e. The molecule has 4 atom stereocenters. The van der Waals surface area contributed by atoms with Gasteiger partial charge in [0.25, 0.3) is 0 Å². The van der Waals surface area contributed by atoms with Crippen LogP contribution in [0.4, 0.5) is 0 Å². The fourth-order valence-electron chi connectivity index (χ4n) is 4.15. The van der Waals surface area contributed by atoms with Gasteiger partial charge in [0.2, 0.25) is 17.7 Å². The Hall–Kier alpha value is -4.03. The zero-order valence-corrected chi connectivity index (χ0v) is 23.2. The Kier molecular flexibility index (Phi) is 11.0. The van der Waals surface area contributed by atoms with Crippen molar-refractivity contribution in [3.63, 3.8) is 0 Å². The molecule has 11 nitrogen and oxygen atoms in total. The van der Waals surface area contributed by atoms with Gasteiger partial charge in [-0.1, -0.05) is 30.3 Å². The number of fused-ring (bicyclic) bond motifs is 1. The molecule has 4 unspecified atom stereocenters. The van der Waals surface area contributed by atoms with Crippen LogP contribution >= 0.6 is 11.8 Å². The third-order valence-electron chi connectivity index (χ3n) is 6.38. The molecule has 3 rings (SSSR count). The number of aromatic hydroxyl groups is 1. The maximum atomic E-state index is 13.3. The number of hydrogen-bond acceptors (Lipinski definition) is 7. The van der Waals surface area contributed by atoms with Gasteiger partial charge in [-0.2, -0.15) is 11.8 Å². The summed E-state index contributed by atoms with van der Waals surface area (Å²) < 4.78 is 0. The Morgan fingerprint density at radius 1 is 0.900 bits per heavy atom. The van der Waals surface area contributed by atoms with Crippen molar-refractivity contribution >= 4 is 46.4 Å². The zero-order valence-electron chi connectivity index (χ0n) is 22.3. The lowest BCUT2D eigenvalue weighted by atomic mass is 10.0. The molecule has 40 heavy (non-hydrogen) atoms. The summed E-state index contributed by atoms with van der Waals surface area (Å²) in [7, 11) is 0. The standard InChI is InChI=1S/C28H35N5O6S/c1-16(29)25(35)32-23(13-17-7-9-19(34)10-8-17)27(37)31-22(11-12-40-2)26(36)33-24(28(38)39)14-18-15-30-21-6-4-3-5-20(18)21/h3-10,15-16,22-24,30,34H,11-14,29H2,1-2H3,(H,31,37)(H,32,35)(H,33,36)(H,38,39). The normalized spacial score (nSPS) is 14.1. The Balaban J connectivity index is 1.76. The van der Waals surface area contributed by atoms with Crippen LogP contribution in [0.25, 0.3) is 10.9 Å². The third-order valence-corrected chi connectivity index (χ3v) is 7.02. The van der Waals surface area contributed by atoms with Crippen molar-refractivity contribution in [1.82, 2.24) is 20.9 Å². The molecular formula is C28H35N5O6S. The second kappa shape index (κ2) is 14.4. The first-order chi connectivity index (χ1) is 19.1. The molecule has 1 heterocycles. The number of aromatic amines is 1. The number of aliphatic carboxylic acids is 1. The van der Waals surface area contributed by atoms with Crippen molar-refractivity contribution in [2.24, 2.45) is 5.73 Å². The van der Waals surface area contributed by atoms with Crippen LogP contribution in [0.15, 0.2) is 54.7 Å². The van der Waals surface area contributed by atoms with E-state index < -0.39 is 47.9 Å². The quantitative estimate of drug-likeness (QED) is 0.151. The van der Waals surface area contributed by atoms with Gasteiger partial charge < -0.3 is 36.9 Å². The van der Waals surface area contributed by atoms with Crippen LogP contribution in [-0.4, -0.2) is 75.1 Å². The predicted molar refractivity (Wildman–Crippen MR) is 154 cm³/mol. The van der Waals surface area contributed by atoms with E-state index in [4.69, 9.17) is 5.73 Å². The first-order valence-electron chi connectivity index (χ1n) is 12.8. The summed E-state index contributed by atoms with van der Waals surface area (Å²) >= 11 is 1.47. The number of thioether (sulfide) groups is 1. The highest BCUT2D eigenvalue weighted by Gasteiger charge is 2.30. The number of carboxylic acid groups (broad SMARTS) is 1. The molecule has 0 bridgehead atoms. The average molecular weight is 570 g/mol. The monoisotopic (exact) mass is 569 g/mol. The molecule has 0 aliphatic heterocycles. The minimum atomic E-state index is -1.23. The molecule has 3 aromatic rings. The van der Waals surface area contributed by atoms with E-state index in [1.165, 1.54) is 30.8 Å². The minimum Gasteiger partial charge on any atom is -0.508 e. The Morgan fingerprint density at radius 2 is 1.52 bits per heavy atom. The van der Waals surface area contributed by atoms with E-state index >= 15 is 0 Å². The molecule has 12 heteroatoms. The van der Waals surface area contributed by atoms with Gasteiger partial charge in [0.15, 0.2) is 0 Å². The molecular weight excluding hydrogens is 534 g/mol. The maximum Gasteiger partial charge on any atom is 0.326 e. The zero-order chi connectivity index (χ0) is 29.2. The molecule has 0 radical (unpaired) electrons. The van der Waals surface area contributed by atoms with E-state index in [9.17, 15) is 29.4 Å². The molecule has 0 spiro atoms. The van der Waals surface area contributed by atoms with Crippen molar-refractivity contribution in [3.05, 3.63) is 65.9 Å². The number of carbonyl (C=O) groups is 4. The van der Waals surface area contributed by atoms with Crippen LogP contribution in [0, 0.1) is 0 Å². The van der Waals surface area contributed by atoms with Crippen LogP contribution in [0.3, 0.4) is 0 Å². The number of H-pyrrole nitrogens is 1. The average Bonchev–Trinajstić information content (AvgIpc) is 3.33. The van der Waals surface area contributed by atoms with Gasteiger partial charge >= 0.3 is 5.97 Å². The number of carboxylic acids is 1.